The summed E-state index contributed by atoms with van der Waals surface area (Å²) in [6, 6.07) is 4.06. The third-order valence-corrected chi connectivity index (χ3v) is 10.8. The summed E-state index contributed by atoms with van der Waals surface area (Å²) >= 11 is 12.3. The third-order valence-electron chi connectivity index (χ3n) is 10.4. The maximum atomic E-state index is 14.4. The quantitative estimate of drug-likeness (QED) is 0.439. The number of fused-ring (bicyclic) bond motifs is 1. The molecule has 2 N–H and O–H groups in total. The number of hydrogen-bond donors (Lipinski definition) is 2. The second-order valence-electron chi connectivity index (χ2n) is 12.9. The largest absolute Gasteiger partial charge is 0.359 e. The Bertz CT molecular complexity index is 1210. The first-order chi connectivity index (χ1) is 19.1. The van der Waals surface area contributed by atoms with E-state index in [1.165, 1.54) is 0 Å². The molecule has 216 valence electrons. The standard InChI is InChI=1S/C31H39Cl2N3O4/c1-16-7-9-22(10-8-16)36-27(29(38)35-23-6-4-5-17(2)18(23)3)31-12-11-24(40-31)25(26(31)30(36)39)28(37)34-21-14-19(32)13-20(33)15-21/h11-18,22-27H,4-10H2,1-3H3,(H,34,37)(H,35,38). The normalized spacial score (nSPS) is 40.3. The highest BCUT2D eigenvalue weighted by atomic mass is 35.5. The van der Waals surface area contributed by atoms with Gasteiger partial charge in [0.15, 0.2) is 0 Å². The number of carbonyl (C=O) groups excluding carboxylic acids is 3. The van der Waals surface area contributed by atoms with Gasteiger partial charge in [0.05, 0.1) is 17.9 Å². The summed E-state index contributed by atoms with van der Waals surface area (Å²) in [5.74, 6) is -0.695. The Morgan fingerprint density at radius 1 is 0.975 bits per heavy atom. The summed E-state index contributed by atoms with van der Waals surface area (Å²) in [7, 11) is 0. The van der Waals surface area contributed by atoms with E-state index in [1.54, 1.807) is 18.2 Å². The number of nitrogens with zero attached hydrogens (tertiary/aromatic N) is 1. The average molecular weight is 589 g/mol. The van der Waals surface area contributed by atoms with Crippen LogP contribution < -0.4 is 10.6 Å². The fourth-order valence-corrected chi connectivity index (χ4v) is 8.55. The number of anilines is 1. The lowest BCUT2D eigenvalue weighted by Gasteiger charge is -2.41. The van der Waals surface area contributed by atoms with E-state index in [0.29, 0.717) is 33.5 Å². The molecule has 0 aromatic heterocycles. The summed E-state index contributed by atoms with van der Waals surface area (Å²) < 4.78 is 6.54. The van der Waals surface area contributed by atoms with E-state index >= 15 is 0 Å². The van der Waals surface area contributed by atoms with Gasteiger partial charge in [0, 0.05) is 27.8 Å². The highest BCUT2D eigenvalue weighted by Gasteiger charge is 2.73. The second-order valence-corrected chi connectivity index (χ2v) is 13.8. The van der Waals surface area contributed by atoms with Crippen molar-refractivity contribution in [2.24, 2.45) is 29.6 Å². The Balaban J connectivity index is 1.32. The van der Waals surface area contributed by atoms with Crippen molar-refractivity contribution in [2.75, 3.05) is 5.32 Å². The number of ether oxygens (including phenoxy) is 1. The maximum absolute atomic E-state index is 14.4. The van der Waals surface area contributed by atoms with Crippen molar-refractivity contribution in [3.63, 3.8) is 0 Å². The van der Waals surface area contributed by atoms with Gasteiger partial charge in [-0.1, -0.05) is 69.0 Å². The molecular formula is C31H39Cl2N3O4. The van der Waals surface area contributed by atoms with Crippen LogP contribution in [0.25, 0.3) is 0 Å². The number of amides is 3. The van der Waals surface area contributed by atoms with Gasteiger partial charge in [-0.25, -0.2) is 0 Å². The Morgan fingerprint density at radius 2 is 1.68 bits per heavy atom. The van der Waals surface area contributed by atoms with Crippen LogP contribution in [0.3, 0.4) is 0 Å². The molecule has 8 atom stereocenters. The van der Waals surface area contributed by atoms with Gasteiger partial charge in [0.25, 0.3) is 0 Å². The average Bonchev–Trinajstić information content (AvgIpc) is 3.54. The number of benzene rings is 1. The summed E-state index contributed by atoms with van der Waals surface area (Å²) in [5, 5.41) is 7.06. The van der Waals surface area contributed by atoms with E-state index in [1.807, 2.05) is 17.1 Å². The zero-order valence-electron chi connectivity index (χ0n) is 23.4. The first kappa shape index (κ1) is 28.0. The molecule has 1 aromatic rings. The third kappa shape index (κ3) is 4.66. The van der Waals surface area contributed by atoms with Crippen molar-refractivity contribution in [1.82, 2.24) is 10.2 Å². The molecule has 3 amide bonds. The first-order valence-corrected chi connectivity index (χ1v) is 15.6. The van der Waals surface area contributed by atoms with Crippen molar-refractivity contribution >= 4 is 46.6 Å². The van der Waals surface area contributed by atoms with Gasteiger partial charge in [0.2, 0.25) is 17.7 Å². The molecular weight excluding hydrogens is 549 g/mol. The lowest BCUT2D eigenvalue weighted by Crippen LogP contribution is -2.59. The van der Waals surface area contributed by atoms with Crippen molar-refractivity contribution in [1.29, 1.82) is 0 Å². The van der Waals surface area contributed by atoms with Gasteiger partial charge in [-0.15, -0.1) is 0 Å². The predicted octanol–water partition coefficient (Wildman–Crippen LogP) is 5.60. The topological polar surface area (TPSA) is 87.7 Å². The van der Waals surface area contributed by atoms with Crippen LogP contribution in [0.4, 0.5) is 5.69 Å². The number of rotatable bonds is 5. The summed E-state index contributed by atoms with van der Waals surface area (Å²) in [4.78, 5) is 44.1. The lowest BCUT2D eigenvalue weighted by atomic mass is 9.73. The van der Waals surface area contributed by atoms with Crippen molar-refractivity contribution in [3.05, 3.63) is 40.4 Å². The fourth-order valence-electron chi connectivity index (χ4n) is 8.02. The molecule has 0 radical (unpaired) electrons. The Labute approximate surface area is 246 Å². The monoisotopic (exact) mass is 587 g/mol. The van der Waals surface area contributed by atoms with Crippen LogP contribution in [0.5, 0.6) is 0 Å². The number of nitrogens with one attached hydrogen (secondary N) is 2. The molecule has 3 aliphatic heterocycles. The minimum Gasteiger partial charge on any atom is -0.359 e. The van der Waals surface area contributed by atoms with Crippen LogP contribution in [-0.2, 0) is 19.1 Å². The Kier molecular flexibility index (Phi) is 7.46. The lowest BCUT2D eigenvalue weighted by molar-refractivity contribution is -0.145. The van der Waals surface area contributed by atoms with Gasteiger partial charge < -0.3 is 20.3 Å². The molecule has 9 heteroatoms. The molecule has 6 rings (SSSR count). The molecule has 8 unspecified atom stereocenters. The summed E-state index contributed by atoms with van der Waals surface area (Å²) in [6.07, 6.45) is 10.1. The van der Waals surface area contributed by atoms with E-state index in [-0.39, 0.29) is 29.8 Å². The minimum absolute atomic E-state index is 0.0476. The van der Waals surface area contributed by atoms with Crippen LogP contribution in [-0.4, -0.2) is 52.5 Å². The van der Waals surface area contributed by atoms with Gasteiger partial charge in [-0.05, 0) is 68.1 Å². The van der Waals surface area contributed by atoms with E-state index in [9.17, 15) is 14.4 Å². The molecule has 4 fully saturated rings. The molecule has 2 saturated heterocycles. The zero-order valence-corrected chi connectivity index (χ0v) is 24.9. The van der Waals surface area contributed by atoms with E-state index in [4.69, 9.17) is 27.9 Å². The van der Waals surface area contributed by atoms with Crippen LogP contribution in [0.15, 0.2) is 30.4 Å². The van der Waals surface area contributed by atoms with Crippen LogP contribution in [0, 0.1) is 29.6 Å². The molecule has 2 saturated carbocycles. The number of carbonyl (C=O) groups is 3. The highest BCUT2D eigenvalue weighted by Crippen LogP contribution is 2.56. The molecule has 2 bridgehead atoms. The van der Waals surface area contributed by atoms with E-state index < -0.39 is 29.6 Å². The number of hydrogen-bond acceptors (Lipinski definition) is 4. The summed E-state index contributed by atoms with van der Waals surface area (Å²) in [5.41, 5.74) is -0.701. The smallest absolute Gasteiger partial charge is 0.246 e. The number of halogens is 2. The van der Waals surface area contributed by atoms with Gasteiger partial charge in [-0.2, -0.15) is 0 Å². The van der Waals surface area contributed by atoms with Crippen LogP contribution in [0.2, 0.25) is 10.0 Å². The van der Waals surface area contributed by atoms with Crippen molar-refractivity contribution in [3.8, 4) is 0 Å². The highest BCUT2D eigenvalue weighted by molar-refractivity contribution is 6.35. The molecule has 5 aliphatic rings. The van der Waals surface area contributed by atoms with Crippen LogP contribution in [0.1, 0.15) is 65.7 Å². The van der Waals surface area contributed by atoms with Gasteiger partial charge in [0.1, 0.15) is 11.6 Å². The predicted molar refractivity (Wildman–Crippen MR) is 155 cm³/mol. The fraction of sp³-hybridized carbons (Fsp3) is 0.645. The summed E-state index contributed by atoms with van der Waals surface area (Å²) in [6.45, 7) is 6.68. The molecule has 1 aromatic carbocycles. The van der Waals surface area contributed by atoms with Crippen molar-refractivity contribution in [2.45, 2.75) is 95.5 Å². The van der Waals surface area contributed by atoms with Gasteiger partial charge >= 0.3 is 0 Å². The SMILES string of the molecule is CC1CCC(N2C(=O)C3C(C(=O)Nc4cc(Cl)cc(Cl)c4)C4C=CC3(O4)C2C(=O)NC2CCCC(C)C2C)CC1. The minimum atomic E-state index is -1.16. The zero-order chi connectivity index (χ0) is 28.3. The van der Waals surface area contributed by atoms with E-state index in [0.717, 1.165) is 44.9 Å². The number of likely N-dealkylation sites (tertiary alicyclic amines) is 1. The second kappa shape index (κ2) is 10.6. The molecule has 40 heavy (non-hydrogen) atoms. The Morgan fingerprint density at radius 3 is 2.38 bits per heavy atom. The Hall–Kier alpha value is -2.09. The molecule has 2 aliphatic carbocycles. The van der Waals surface area contributed by atoms with Gasteiger partial charge in [-0.3, -0.25) is 14.4 Å². The van der Waals surface area contributed by atoms with Crippen LogP contribution >= 0.6 is 23.2 Å². The van der Waals surface area contributed by atoms with Crippen molar-refractivity contribution < 1.29 is 19.1 Å². The maximum Gasteiger partial charge on any atom is 0.246 e. The molecule has 3 heterocycles. The molecule has 1 spiro atoms. The molecule has 7 nitrogen and oxygen atoms in total. The van der Waals surface area contributed by atoms with E-state index in [2.05, 4.69) is 31.4 Å². The first-order valence-electron chi connectivity index (χ1n) is 14.9.